The average molecular weight is 242 g/mol. The normalized spacial score (nSPS) is 9.65. The fraction of sp³-hybridized carbons (Fsp3) is 0.0769. The zero-order valence-corrected chi connectivity index (χ0v) is 10.1. The van der Waals surface area contributed by atoms with Crippen molar-refractivity contribution < 1.29 is 4.74 Å². The van der Waals surface area contributed by atoms with E-state index in [4.69, 9.17) is 10.00 Å². The van der Waals surface area contributed by atoms with Crippen molar-refractivity contribution in [2.45, 2.75) is 9.79 Å². The number of aromatic nitrogens is 1. The molecule has 0 aliphatic heterocycles. The zero-order chi connectivity index (χ0) is 12.1. The van der Waals surface area contributed by atoms with Crippen LogP contribution < -0.4 is 4.74 Å². The second kappa shape index (κ2) is 5.37. The van der Waals surface area contributed by atoms with E-state index in [1.807, 2.05) is 36.4 Å². The number of benzene rings is 1. The predicted molar refractivity (Wildman–Crippen MR) is 66.1 cm³/mol. The minimum Gasteiger partial charge on any atom is -0.497 e. The van der Waals surface area contributed by atoms with Gasteiger partial charge in [0.2, 0.25) is 0 Å². The molecule has 0 atom stereocenters. The van der Waals surface area contributed by atoms with Crippen molar-refractivity contribution in [2.24, 2.45) is 0 Å². The highest BCUT2D eigenvalue weighted by Gasteiger charge is 2.00. The lowest BCUT2D eigenvalue weighted by molar-refractivity contribution is 0.413. The molecule has 1 aromatic heterocycles. The third-order valence-corrected chi connectivity index (χ3v) is 3.09. The number of pyridine rings is 1. The van der Waals surface area contributed by atoms with E-state index in [0.717, 1.165) is 15.5 Å². The van der Waals surface area contributed by atoms with Crippen molar-refractivity contribution in [3.63, 3.8) is 0 Å². The van der Waals surface area contributed by atoms with Crippen molar-refractivity contribution in [3.05, 3.63) is 48.3 Å². The highest BCUT2D eigenvalue weighted by Crippen LogP contribution is 2.29. The SMILES string of the molecule is COc1cccc(Sc2ccc(C#N)nc2)c1. The van der Waals surface area contributed by atoms with E-state index >= 15 is 0 Å². The van der Waals surface area contributed by atoms with Gasteiger partial charge >= 0.3 is 0 Å². The van der Waals surface area contributed by atoms with Crippen LogP contribution >= 0.6 is 11.8 Å². The van der Waals surface area contributed by atoms with Crippen molar-refractivity contribution in [3.8, 4) is 11.8 Å². The molecular formula is C13H10N2OS. The molecule has 0 radical (unpaired) electrons. The molecule has 0 amide bonds. The lowest BCUT2D eigenvalue weighted by Gasteiger charge is -2.03. The molecule has 0 N–H and O–H groups in total. The molecule has 2 rings (SSSR count). The number of methoxy groups -OCH3 is 1. The van der Waals surface area contributed by atoms with Crippen LogP contribution in [0.4, 0.5) is 0 Å². The maximum atomic E-state index is 8.65. The molecule has 2 aromatic rings. The predicted octanol–water partition coefficient (Wildman–Crippen LogP) is 3.11. The van der Waals surface area contributed by atoms with Crippen LogP contribution in [0.5, 0.6) is 5.75 Å². The van der Waals surface area contributed by atoms with E-state index in [1.165, 1.54) is 0 Å². The first kappa shape index (κ1) is 11.5. The number of hydrogen-bond donors (Lipinski definition) is 0. The van der Waals surface area contributed by atoms with Gasteiger partial charge in [0.25, 0.3) is 0 Å². The summed E-state index contributed by atoms with van der Waals surface area (Å²) in [6, 6.07) is 13.4. The highest BCUT2D eigenvalue weighted by molar-refractivity contribution is 7.99. The molecular weight excluding hydrogens is 232 g/mol. The number of ether oxygens (including phenoxy) is 1. The Kier molecular flexibility index (Phi) is 3.63. The third kappa shape index (κ3) is 2.99. The van der Waals surface area contributed by atoms with Crippen LogP contribution in [-0.2, 0) is 0 Å². The molecule has 0 spiro atoms. The summed E-state index contributed by atoms with van der Waals surface area (Å²) in [7, 11) is 1.65. The van der Waals surface area contributed by atoms with E-state index in [0.29, 0.717) is 5.69 Å². The Morgan fingerprint density at radius 1 is 1.24 bits per heavy atom. The van der Waals surface area contributed by atoms with Crippen molar-refractivity contribution >= 4 is 11.8 Å². The second-order valence-electron chi connectivity index (χ2n) is 3.27. The second-order valence-corrected chi connectivity index (χ2v) is 4.42. The molecule has 4 heteroatoms. The lowest BCUT2D eigenvalue weighted by Crippen LogP contribution is -1.83. The van der Waals surface area contributed by atoms with Crippen molar-refractivity contribution in [2.75, 3.05) is 7.11 Å². The van der Waals surface area contributed by atoms with Gasteiger partial charge in [0, 0.05) is 16.0 Å². The highest BCUT2D eigenvalue weighted by atomic mass is 32.2. The van der Waals surface area contributed by atoms with E-state index in [1.54, 1.807) is 31.1 Å². The van der Waals surface area contributed by atoms with Gasteiger partial charge in [-0.1, -0.05) is 17.8 Å². The third-order valence-electron chi connectivity index (χ3n) is 2.13. The van der Waals surface area contributed by atoms with E-state index < -0.39 is 0 Å². The zero-order valence-electron chi connectivity index (χ0n) is 9.25. The molecule has 1 aromatic carbocycles. The van der Waals surface area contributed by atoms with Crippen LogP contribution in [0.25, 0.3) is 0 Å². The van der Waals surface area contributed by atoms with Gasteiger partial charge in [0.05, 0.1) is 7.11 Å². The fourth-order valence-corrected chi connectivity index (χ4v) is 2.14. The summed E-state index contributed by atoms with van der Waals surface area (Å²) in [6.45, 7) is 0. The number of nitrogens with zero attached hydrogens (tertiary/aromatic N) is 2. The monoisotopic (exact) mass is 242 g/mol. The van der Waals surface area contributed by atoms with Crippen LogP contribution in [0, 0.1) is 11.3 Å². The first-order valence-corrected chi connectivity index (χ1v) is 5.81. The Hall–Kier alpha value is -1.99. The average Bonchev–Trinajstić information content (AvgIpc) is 2.40. The summed E-state index contributed by atoms with van der Waals surface area (Å²) in [5.74, 6) is 0.830. The lowest BCUT2D eigenvalue weighted by atomic mass is 10.3. The minimum atomic E-state index is 0.431. The molecule has 84 valence electrons. The maximum Gasteiger partial charge on any atom is 0.140 e. The quantitative estimate of drug-likeness (QED) is 0.829. The largest absolute Gasteiger partial charge is 0.497 e. The Morgan fingerprint density at radius 2 is 2.12 bits per heavy atom. The first-order chi connectivity index (χ1) is 8.31. The van der Waals surface area contributed by atoms with E-state index in [-0.39, 0.29) is 0 Å². The number of hydrogen-bond acceptors (Lipinski definition) is 4. The van der Waals surface area contributed by atoms with Gasteiger partial charge in [-0.25, -0.2) is 4.98 Å². The molecule has 0 saturated carbocycles. The van der Waals surface area contributed by atoms with Crippen molar-refractivity contribution in [1.82, 2.24) is 4.98 Å². The van der Waals surface area contributed by atoms with Crippen LogP contribution in [0.3, 0.4) is 0 Å². The van der Waals surface area contributed by atoms with Crippen LogP contribution in [0.15, 0.2) is 52.4 Å². The Balaban J connectivity index is 2.16. The van der Waals surface area contributed by atoms with Crippen molar-refractivity contribution in [1.29, 1.82) is 5.26 Å². The van der Waals surface area contributed by atoms with Crippen LogP contribution in [0.1, 0.15) is 5.69 Å². The fourth-order valence-electron chi connectivity index (χ4n) is 1.31. The van der Waals surface area contributed by atoms with Crippen LogP contribution in [-0.4, -0.2) is 12.1 Å². The van der Waals surface area contributed by atoms with Gasteiger partial charge in [0.15, 0.2) is 0 Å². The molecule has 17 heavy (non-hydrogen) atoms. The topological polar surface area (TPSA) is 45.9 Å². The standard InChI is InChI=1S/C13H10N2OS/c1-16-11-3-2-4-12(7-11)17-13-6-5-10(8-14)15-9-13/h2-7,9H,1H3. The molecule has 0 saturated heterocycles. The molecule has 0 aliphatic carbocycles. The van der Waals surface area contributed by atoms with Gasteiger partial charge in [0.1, 0.15) is 17.5 Å². The number of nitriles is 1. The Labute approximate surface area is 104 Å². The van der Waals surface area contributed by atoms with Gasteiger partial charge in [-0.05, 0) is 30.3 Å². The molecule has 0 fully saturated rings. The van der Waals surface area contributed by atoms with Gasteiger partial charge in [-0.3, -0.25) is 0 Å². The molecule has 0 bridgehead atoms. The van der Waals surface area contributed by atoms with E-state index in [9.17, 15) is 0 Å². The number of rotatable bonds is 3. The summed E-state index contributed by atoms with van der Waals surface area (Å²) in [4.78, 5) is 6.10. The Bertz CT molecular complexity index is 546. The molecule has 3 nitrogen and oxygen atoms in total. The summed E-state index contributed by atoms with van der Waals surface area (Å²) in [6.07, 6.45) is 1.70. The Morgan fingerprint density at radius 3 is 2.76 bits per heavy atom. The van der Waals surface area contributed by atoms with Gasteiger partial charge in [-0.15, -0.1) is 0 Å². The van der Waals surface area contributed by atoms with Gasteiger partial charge in [-0.2, -0.15) is 5.26 Å². The summed E-state index contributed by atoms with van der Waals surface area (Å²) < 4.78 is 5.16. The van der Waals surface area contributed by atoms with Crippen LogP contribution in [0.2, 0.25) is 0 Å². The summed E-state index contributed by atoms with van der Waals surface area (Å²) >= 11 is 1.58. The minimum absolute atomic E-state index is 0.431. The molecule has 0 unspecified atom stereocenters. The van der Waals surface area contributed by atoms with Gasteiger partial charge < -0.3 is 4.74 Å². The summed E-state index contributed by atoms with van der Waals surface area (Å²) in [5, 5.41) is 8.65. The smallest absolute Gasteiger partial charge is 0.140 e. The molecule has 1 heterocycles. The van der Waals surface area contributed by atoms with E-state index in [2.05, 4.69) is 4.98 Å². The maximum absolute atomic E-state index is 8.65. The summed E-state index contributed by atoms with van der Waals surface area (Å²) in [5.41, 5.74) is 0.431. The first-order valence-electron chi connectivity index (χ1n) is 5.00. The molecule has 0 aliphatic rings.